The number of hydrogen-bond acceptors (Lipinski definition) is 1. The van der Waals surface area contributed by atoms with E-state index in [9.17, 15) is 8.60 Å². The van der Waals surface area contributed by atoms with Crippen LogP contribution in [-0.2, 0) is 17.5 Å². The third-order valence-electron chi connectivity index (χ3n) is 2.68. The van der Waals surface area contributed by atoms with Gasteiger partial charge in [0, 0.05) is 0 Å². The Kier molecular flexibility index (Phi) is 3.86. The molecule has 90 valence electrons. The minimum atomic E-state index is -1.96. The summed E-state index contributed by atoms with van der Waals surface area (Å²) in [6.07, 6.45) is 5.88. The number of hydrogen-bond donors (Lipinski definition) is 1. The van der Waals surface area contributed by atoms with Gasteiger partial charge in [0.2, 0.25) is 0 Å². The lowest BCUT2D eigenvalue weighted by Crippen LogP contribution is -2.04. The second kappa shape index (κ2) is 5.38. The number of benzene rings is 1. The first kappa shape index (κ1) is 12.2. The second-order valence-electron chi connectivity index (χ2n) is 3.93. The van der Waals surface area contributed by atoms with Gasteiger partial charge in [0.25, 0.3) is 0 Å². The molecule has 1 aliphatic carbocycles. The zero-order chi connectivity index (χ0) is 12.3. The summed E-state index contributed by atoms with van der Waals surface area (Å²) in [5.74, 6) is -0.283. The Labute approximate surface area is 102 Å². The molecule has 0 fully saturated rings. The summed E-state index contributed by atoms with van der Waals surface area (Å²) in [4.78, 5) is 0.459. The normalized spacial score (nSPS) is 17.3. The summed E-state index contributed by atoms with van der Waals surface area (Å²) < 4.78 is 33.4. The molecule has 0 amide bonds. The van der Waals surface area contributed by atoms with Crippen molar-refractivity contribution in [3.8, 4) is 0 Å². The van der Waals surface area contributed by atoms with Gasteiger partial charge >= 0.3 is 0 Å². The predicted molar refractivity (Wildman–Crippen MR) is 66.3 cm³/mol. The molecule has 1 unspecified atom stereocenters. The van der Waals surface area contributed by atoms with E-state index in [0.29, 0.717) is 11.3 Å². The van der Waals surface area contributed by atoms with Gasteiger partial charge in [-0.3, -0.25) is 0 Å². The van der Waals surface area contributed by atoms with Crippen LogP contribution >= 0.6 is 0 Å². The fourth-order valence-electron chi connectivity index (χ4n) is 1.91. The van der Waals surface area contributed by atoms with Crippen molar-refractivity contribution in [2.75, 3.05) is 0 Å². The molecule has 4 heteroatoms. The zero-order valence-corrected chi connectivity index (χ0v) is 10.0. The molecule has 0 aliphatic heterocycles. The number of rotatable bonds is 3. The van der Waals surface area contributed by atoms with Crippen LogP contribution in [-0.4, -0.2) is 8.76 Å². The Bertz CT molecular complexity index is 506. The third kappa shape index (κ3) is 3.11. The van der Waals surface area contributed by atoms with Gasteiger partial charge in [-0.25, -0.2) is 8.60 Å². The molecule has 0 saturated heterocycles. The minimum absolute atomic E-state index is 0.283. The average Bonchev–Trinajstić information content (AvgIpc) is 2.29. The second-order valence-corrected chi connectivity index (χ2v) is 4.87. The first-order valence-corrected chi connectivity index (χ1v) is 6.52. The van der Waals surface area contributed by atoms with Crippen LogP contribution in [0.3, 0.4) is 0 Å². The Morgan fingerprint density at radius 1 is 1.29 bits per heavy atom. The van der Waals surface area contributed by atoms with Crippen molar-refractivity contribution in [3.63, 3.8) is 0 Å². The molecule has 0 heterocycles. The minimum Gasteiger partial charge on any atom is -0.302 e. The zero-order valence-electron chi connectivity index (χ0n) is 9.23. The van der Waals surface area contributed by atoms with Crippen molar-refractivity contribution in [1.29, 1.82) is 0 Å². The Morgan fingerprint density at radius 2 is 2.06 bits per heavy atom. The van der Waals surface area contributed by atoms with Crippen LogP contribution in [0.5, 0.6) is 0 Å². The largest absolute Gasteiger partial charge is 0.302 e. The smallest absolute Gasteiger partial charge is 0.186 e. The lowest BCUT2D eigenvalue weighted by Gasteiger charge is -2.13. The summed E-state index contributed by atoms with van der Waals surface area (Å²) in [6.45, 7) is 0. The summed E-state index contributed by atoms with van der Waals surface area (Å²) >= 11 is -1.96. The maximum absolute atomic E-state index is 13.0. The van der Waals surface area contributed by atoms with E-state index in [2.05, 4.69) is 0 Å². The van der Waals surface area contributed by atoms with Crippen LogP contribution in [0.15, 0.2) is 46.9 Å². The molecule has 1 aromatic carbocycles. The van der Waals surface area contributed by atoms with Crippen molar-refractivity contribution in [2.45, 2.75) is 19.3 Å². The third-order valence-corrected chi connectivity index (χ3v) is 3.48. The van der Waals surface area contributed by atoms with E-state index in [4.69, 9.17) is 4.55 Å². The Morgan fingerprint density at radius 3 is 2.76 bits per heavy atom. The molecule has 1 aromatic rings. The molecule has 1 aliphatic rings. The van der Waals surface area contributed by atoms with Crippen molar-refractivity contribution in [1.82, 2.24) is 0 Å². The van der Waals surface area contributed by atoms with Gasteiger partial charge in [-0.05, 0) is 42.5 Å². The van der Waals surface area contributed by atoms with Crippen LogP contribution in [0.25, 0.3) is 0 Å². The highest BCUT2D eigenvalue weighted by atomic mass is 32.2. The predicted octanol–water partition coefficient (Wildman–Crippen LogP) is 3.19. The van der Waals surface area contributed by atoms with Crippen LogP contribution < -0.4 is 0 Å². The molecule has 2 rings (SSSR count). The van der Waals surface area contributed by atoms with Gasteiger partial charge in [0.1, 0.15) is 5.82 Å². The van der Waals surface area contributed by atoms with Gasteiger partial charge in [0.15, 0.2) is 11.1 Å². The van der Waals surface area contributed by atoms with E-state index in [1.54, 1.807) is 12.1 Å². The molecule has 17 heavy (non-hydrogen) atoms. The van der Waals surface area contributed by atoms with Crippen LogP contribution in [0.4, 0.5) is 4.39 Å². The monoisotopic (exact) mass is 252 g/mol. The summed E-state index contributed by atoms with van der Waals surface area (Å²) in [5.41, 5.74) is 1.64. The fourth-order valence-corrected chi connectivity index (χ4v) is 2.55. The van der Waals surface area contributed by atoms with Crippen molar-refractivity contribution in [3.05, 3.63) is 58.3 Å². The van der Waals surface area contributed by atoms with Crippen molar-refractivity contribution in [2.24, 2.45) is 0 Å². The molecule has 1 atom stereocenters. The fraction of sp³-hybridized carbons (Fsp3) is 0.231. The first-order valence-electron chi connectivity index (χ1n) is 5.41. The topological polar surface area (TPSA) is 37.3 Å². The highest BCUT2D eigenvalue weighted by Crippen LogP contribution is 2.24. The van der Waals surface area contributed by atoms with Gasteiger partial charge in [-0.1, -0.05) is 24.3 Å². The Hall–Kier alpha value is -1.26. The number of halogens is 1. The molecular formula is C13H13FO2S. The van der Waals surface area contributed by atoms with E-state index in [-0.39, 0.29) is 5.82 Å². The quantitative estimate of drug-likeness (QED) is 0.839. The van der Waals surface area contributed by atoms with Crippen LogP contribution in [0.2, 0.25) is 0 Å². The molecule has 0 spiro atoms. The molecule has 1 N–H and O–H groups in total. The highest BCUT2D eigenvalue weighted by Gasteiger charge is 2.14. The molecule has 0 aromatic heterocycles. The molecule has 0 saturated carbocycles. The van der Waals surface area contributed by atoms with E-state index in [1.807, 2.05) is 12.1 Å². The van der Waals surface area contributed by atoms with E-state index >= 15 is 0 Å². The standard InChI is InChI=1S/C13H13FO2S/c14-12-6-3-4-10(9-12)8-11-5-1-2-7-13(11)17(15)16/h3-7,9H,1-2,8H2,(H,15,16). The molecule has 0 radical (unpaired) electrons. The Balaban J connectivity index is 2.21. The van der Waals surface area contributed by atoms with E-state index in [0.717, 1.165) is 24.0 Å². The molecular weight excluding hydrogens is 239 g/mol. The molecule has 0 bridgehead atoms. The lowest BCUT2D eigenvalue weighted by atomic mass is 9.99. The maximum atomic E-state index is 13.0. The first-order chi connectivity index (χ1) is 8.16. The van der Waals surface area contributed by atoms with E-state index < -0.39 is 11.1 Å². The van der Waals surface area contributed by atoms with Gasteiger partial charge < -0.3 is 4.55 Å². The average molecular weight is 252 g/mol. The highest BCUT2D eigenvalue weighted by molar-refractivity contribution is 7.83. The maximum Gasteiger partial charge on any atom is 0.186 e. The van der Waals surface area contributed by atoms with Crippen LogP contribution in [0.1, 0.15) is 18.4 Å². The van der Waals surface area contributed by atoms with Crippen LogP contribution in [0, 0.1) is 5.82 Å². The van der Waals surface area contributed by atoms with Gasteiger partial charge in [-0.15, -0.1) is 0 Å². The SMILES string of the molecule is O=S(O)C1=CCCC=C1Cc1cccc(F)c1. The van der Waals surface area contributed by atoms with Gasteiger partial charge in [-0.2, -0.15) is 0 Å². The van der Waals surface area contributed by atoms with Gasteiger partial charge in [0.05, 0.1) is 4.91 Å². The van der Waals surface area contributed by atoms with Crippen molar-refractivity contribution < 1.29 is 13.2 Å². The number of allylic oxidation sites excluding steroid dienone is 3. The summed E-state index contributed by atoms with van der Waals surface area (Å²) in [5, 5.41) is 0. The summed E-state index contributed by atoms with van der Waals surface area (Å²) in [6, 6.07) is 6.30. The van der Waals surface area contributed by atoms with E-state index in [1.165, 1.54) is 12.1 Å². The lowest BCUT2D eigenvalue weighted by molar-refractivity contribution is 0.571. The molecule has 2 nitrogen and oxygen atoms in total. The summed E-state index contributed by atoms with van der Waals surface area (Å²) in [7, 11) is 0. The van der Waals surface area contributed by atoms with Crippen molar-refractivity contribution >= 4 is 11.1 Å².